The third-order valence-corrected chi connectivity index (χ3v) is 3.45. The maximum Gasteiger partial charge on any atom is 0.208 e. The van der Waals surface area contributed by atoms with Crippen molar-refractivity contribution in [3.63, 3.8) is 0 Å². The molecule has 0 atom stereocenters. The summed E-state index contributed by atoms with van der Waals surface area (Å²) >= 11 is 6.16. The fourth-order valence-corrected chi connectivity index (χ4v) is 2.31. The zero-order valence-electron chi connectivity index (χ0n) is 7.43. The topological polar surface area (TPSA) is 71.3 Å². The van der Waals surface area contributed by atoms with Gasteiger partial charge < -0.3 is 5.11 Å². The van der Waals surface area contributed by atoms with E-state index in [1.807, 2.05) is 0 Å². The normalized spacial score (nSPS) is 11.8. The highest BCUT2D eigenvalue weighted by atomic mass is 32.2. The summed E-state index contributed by atoms with van der Waals surface area (Å²) in [6.45, 7) is 0.554. The lowest BCUT2D eigenvalue weighted by atomic mass is 10.6. The highest BCUT2D eigenvalue weighted by Crippen LogP contribution is 2.16. The van der Waals surface area contributed by atoms with E-state index < -0.39 is 10.0 Å². The number of nitrogens with one attached hydrogen (secondary N) is 1. The van der Waals surface area contributed by atoms with Gasteiger partial charge >= 0.3 is 0 Å². The molecule has 5 nitrogen and oxygen atoms in total. The van der Waals surface area contributed by atoms with Crippen molar-refractivity contribution in [1.29, 1.82) is 0 Å². The molecule has 1 aromatic heterocycles. The van der Waals surface area contributed by atoms with Gasteiger partial charge in [0.1, 0.15) is 0 Å². The van der Waals surface area contributed by atoms with Gasteiger partial charge in [0.15, 0.2) is 3.95 Å². The minimum absolute atomic E-state index is 0.0651. The Labute approximate surface area is 91.1 Å². The van der Waals surface area contributed by atoms with Crippen LogP contribution >= 0.6 is 23.6 Å². The van der Waals surface area contributed by atoms with Crippen LogP contribution in [0.2, 0.25) is 0 Å². The fraction of sp³-hybridized carbons (Fsp3) is 0.500. The van der Waals surface area contributed by atoms with E-state index in [1.54, 1.807) is 0 Å². The van der Waals surface area contributed by atoms with Crippen LogP contribution in [0.4, 0.5) is 0 Å². The van der Waals surface area contributed by atoms with E-state index in [4.69, 9.17) is 12.2 Å². The molecular weight excluding hydrogens is 244 g/mol. The molecule has 0 spiro atoms. The number of sulfonamides is 1. The highest BCUT2D eigenvalue weighted by Gasteiger charge is 2.03. The maximum atomic E-state index is 10.7. The molecule has 0 aliphatic carbocycles. The van der Waals surface area contributed by atoms with Crippen LogP contribution in [0.15, 0.2) is 5.38 Å². The quantitative estimate of drug-likeness (QED) is 0.769. The summed E-state index contributed by atoms with van der Waals surface area (Å²) in [7, 11) is -3.18. The predicted octanol–water partition coefficient (Wildman–Crippen LogP) is 0.534. The first-order valence-corrected chi connectivity index (χ1v) is 6.90. The van der Waals surface area contributed by atoms with Gasteiger partial charge in [0.25, 0.3) is 0 Å². The second-order valence-corrected chi connectivity index (χ2v) is 6.01. The number of thiazole rings is 1. The van der Waals surface area contributed by atoms with Gasteiger partial charge in [0.05, 0.1) is 11.6 Å². The van der Waals surface area contributed by atoms with E-state index in [2.05, 4.69) is 4.72 Å². The molecule has 0 radical (unpaired) electrons. The van der Waals surface area contributed by atoms with Gasteiger partial charge in [-0.25, -0.2) is 13.1 Å². The van der Waals surface area contributed by atoms with Crippen LogP contribution in [0.3, 0.4) is 0 Å². The molecule has 0 bridgehead atoms. The number of aromatic hydroxyl groups is 1. The number of hydrogen-bond acceptors (Lipinski definition) is 5. The molecule has 1 aromatic rings. The highest BCUT2D eigenvalue weighted by molar-refractivity contribution is 7.88. The molecular formula is C6H10N2O3S3. The summed E-state index contributed by atoms with van der Waals surface area (Å²) in [5.41, 5.74) is 0. The Kier molecular flexibility index (Phi) is 3.65. The smallest absolute Gasteiger partial charge is 0.208 e. The van der Waals surface area contributed by atoms with Crippen molar-refractivity contribution in [1.82, 2.24) is 9.29 Å². The first-order chi connectivity index (χ1) is 6.40. The molecule has 0 saturated heterocycles. The fourth-order valence-electron chi connectivity index (χ4n) is 0.873. The average molecular weight is 254 g/mol. The summed E-state index contributed by atoms with van der Waals surface area (Å²) < 4.78 is 25.8. The van der Waals surface area contributed by atoms with E-state index in [-0.39, 0.29) is 12.4 Å². The summed E-state index contributed by atoms with van der Waals surface area (Å²) in [4.78, 5) is 0. The van der Waals surface area contributed by atoms with Crippen molar-refractivity contribution < 1.29 is 13.5 Å². The molecule has 2 N–H and O–H groups in total. The first-order valence-electron chi connectivity index (χ1n) is 3.72. The maximum absolute atomic E-state index is 10.7. The van der Waals surface area contributed by atoms with Crippen molar-refractivity contribution in [3.05, 3.63) is 9.33 Å². The van der Waals surface area contributed by atoms with Gasteiger partial charge in [0.2, 0.25) is 15.9 Å². The summed E-state index contributed by atoms with van der Waals surface area (Å²) in [6.07, 6.45) is 1.08. The van der Waals surface area contributed by atoms with Gasteiger partial charge in [-0.3, -0.25) is 4.57 Å². The minimum Gasteiger partial charge on any atom is -0.494 e. The molecule has 1 heterocycles. The monoisotopic (exact) mass is 254 g/mol. The van der Waals surface area contributed by atoms with E-state index in [0.717, 1.165) is 6.26 Å². The Morgan fingerprint density at radius 3 is 2.79 bits per heavy atom. The largest absolute Gasteiger partial charge is 0.494 e. The Morgan fingerprint density at radius 1 is 1.71 bits per heavy atom. The number of nitrogens with zero attached hydrogens (tertiary/aromatic N) is 1. The molecule has 1 rings (SSSR count). The average Bonchev–Trinajstić information content (AvgIpc) is 2.33. The lowest BCUT2D eigenvalue weighted by molar-refractivity contribution is 0.415. The molecule has 0 aliphatic rings. The van der Waals surface area contributed by atoms with Crippen molar-refractivity contribution in [2.75, 3.05) is 12.8 Å². The van der Waals surface area contributed by atoms with Crippen molar-refractivity contribution >= 4 is 33.6 Å². The van der Waals surface area contributed by atoms with E-state index in [9.17, 15) is 13.5 Å². The third kappa shape index (κ3) is 3.37. The summed E-state index contributed by atoms with van der Waals surface area (Å²) in [5.74, 6) is 0.0651. The van der Waals surface area contributed by atoms with Gasteiger partial charge in [-0.1, -0.05) is 0 Å². The molecule has 0 aliphatic heterocycles. The zero-order chi connectivity index (χ0) is 10.8. The van der Waals surface area contributed by atoms with Crippen LogP contribution in [-0.2, 0) is 16.6 Å². The Balaban J connectivity index is 2.59. The molecule has 0 saturated carbocycles. The van der Waals surface area contributed by atoms with Gasteiger partial charge in [0, 0.05) is 13.1 Å². The molecule has 0 fully saturated rings. The van der Waals surface area contributed by atoms with E-state index in [1.165, 1.54) is 21.3 Å². The van der Waals surface area contributed by atoms with Crippen LogP contribution < -0.4 is 4.72 Å². The number of aromatic nitrogens is 1. The minimum atomic E-state index is -3.18. The molecule has 8 heteroatoms. The van der Waals surface area contributed by atoms with Gasteiger partial charge in [-0.15, -0.1) is 11.3 Å². The van der Waals surface area contributed by atoms with Crippen molar-refractivity contribution in [2.24, 2.45) is 0 Å². The number of hydrogen-bond donors (Lipinski definition) is 2. The molecule has 0 amide bonds. The van der Waals surface area contributed by atoms with Gasteiger partial charge in [-0.2, -0.15) is 0 Å². The molecule has 0 unspecified atom stereocenters. The molecule has 80 valence electrons. The Bertz CT molecular complexity index is 459. The van der Waals surface area contributed by atoms with E-state index in [0.29, 0.717) is 10.5 Å². The SMILES string of the molecule is CS(=O)(=O)NCCn1c(O)csc1=S. The molecule has 0 aromatic carbocycles. The van der Waals surface area contributed by atoms with E-state index >= 15 is 0 Å². The van der Waals surface area contributed by atoms with Crippen LogP contribution in [0.25, 0.3) is 0 Å². The number of rotatable bonds is 4. The molecule has 14 heavy (non-hydrogen) atoms. The van der Waals surface area contributed by atoms with Gasteiger partial charge in [-0.05, 0) is 12.2 Å². The Morgan fingerprint density at radius 2 is 2.36 bits per heavy atom. The Hall–Kier alpha value is -0.440. The second-order valence-electron chi connectivity index (χ2n) is 2.68. The lowest BCUT2D eigenvalue weighted by Gasteiger charge is -2.04. The third-order valence-electron chi connectivity index (χ3n) is 1.46. The summed E-state index contributed by atoms with van der Waals surface area (Å²) in [6, 6.07) is 0. The lowest BCUT2D eigenvalue weighted by Crippen LogP contribution is -2.25. The second kappa shape index (κ2) is 4.39. The van der Waals surface area contributed by atoms with Crippen LogP contribution in [0.5, 0.6) is 5.88 Å². The zero-order valence-corrected chi connectivity index (χ0v) is 9.88. The first kappa shape index (κ1) is 11.6. The van der Waals surface area contributed by atoms with Crippen LogP contribution in [0.1, 0.15) is 0 Å². The van der Waals surface area contributed by atoms with Crippen molar-refractivity contribution in [3.8, 4) is 5.88 Å². The standard InChI is InChI=1S/C6H10N2O3S3/c1-14(10,11)7-2-3-8-5(9)4-13-6(8)12/h4,7,9H,2-3H2,1H3. The van der Waals surface area contributed by atoms with Crippen LogP contribution in [-0.4, -0.2) is 30.9 Å². The summed E-state index contributed by atoms with van der Waals surface area (Å²) in [5, 5.41) is 10.8. The van der Waals surface area contributed by atoms with Crippen molar-refractivity contribution in [2.45, 2.75) is 6.54 Å². The van der Waals surface area contributed by atoms with Crippen LogP contribution in [0, 0.1) is 3.95 Å². The predicted molar refractivity (Wildman–Crippen MR) is 57.7 cm³/mol.